The van der Waals surface area contributed by atoms with Crippen LogP contribution in [0, 0.1) is 0 Å². The lowest BCUT2D eigenvalue weighted by atomic mass is 9.98. The van der Waals surface area contributed by atoms with E-state index in [4.69, 9.17) is 9.84 Å². The van der Waals surface area contributed by atoms with E-state index < -0.39 is 49.0 Å². The second kappa shape index (κ2) is 7.96. The molecule has 5 N–H and O–H groups in total. The molecule has 2 rings (SSSR count). The lowest BCUT2D eigenvalue weighted by Crippen LogP contribution is -2.60. The second-order valence-corrected chi connectivity index (χ2v) is 6.00. The number of Topliss-reactive ketones (excluding diaryl/α,β-unsaturated/α-hetero) is 1. The van der Waals surface area contributed by atoms with E-state index >= 15 is 0 Å². The van der Waals surface area contributed by atoms with Gasteiger partial charge < -0.3 is 35.2 Å². The summed E-state index contributed by atoms with van der Waals surface area (Å²) in [5.74, 6) is -1.85. The Morgan fingerprint density at radius 1 is 1.33 bits per heavy atom. The van der Waals surface area contributed by atoms with Crippen molar-refractivity contribution in [1.29, 1.82) is 0 Å². The monoisotopic (exact) mass is 362 g/mol. The predicted molar refractivity (Wildman–Crippen MR) is 80.5 cm³/mol. The molecule has 2 unspecified atom stereocenters. The highest BCUT2D eigenvalue weighted by molar-refractivity contribution is 7.18. The molecule has 1 aliphatic rings. The number of nitrogens with one attached hydrogen (secondary N) is 1. The van der Waals surface area contributed by atoms with Crippen molar-refractivity contribution in [1.82, 2.24) is 4.98 Å². The molecule has 1 aromatic heterocycles. The fraction of sp³-hybridized carbons (Fsp3) is 0.615. The van der Waals surface area contributed by atoms with Crippen LogP contribution in [0.25, 0.3) is 0 Å². The maximum Gasteiger partial charge on any atom is 0.380 e. The van der Waals surface area contributed by atoms with Gasteiger partial charge in [0.2, 0.25) is 0 Å². The van der Waals surface area contributed by atoms with Crippen LogP contribution in [0.2, 0.25) is 0 Å². The van der Waals surface area contributed by atoms with E-state index in [1.165, 1.54) is 0 Å². The number of nitrogens with zero attached hydrogens (tertiary/aromatic N) is 1. The Labute approximate surface area is 140 Å². The zero-order valence-corrected chi connectivity index (χ0v) is 13.5. The van der Waals surface area contributed by atoms with E-state index in [1.54, 1.807) is 6.92 Å². The Bertz CT molecular complexity index is 592. The number of ketones is 1. The molecule has 10 nitrogen and oxygen atoms in total. The summed E-state index contributed by atoms with van der Waals surface area (Å²) in [5, 5.41) is 41.2. The first kappa shape index (κ1) is 18.7. The molecule has 1 fully saturated rings. The average molecular weight is 362 g/mol. The molecule has 0 spiro atoms. The first-order valence-electron chi connectivity index (χ1n) is 7.13. The van der Waals surface area contributed by atoms with E-state index in [0.717, 1.165) is 17.5 Å². The summed E-state index contributed by atoms with van der Waals surface area (Å²) in [4.78, 5) is 27.1. The number of rotatable bonds is 6. The maximum atomic E-state index is 11.8. The molecule has 11 heteroatoms. The molecule has 0 radical (unpaired) electrons. The normalized spacial score (nSPS) is 30.0. The number of esters is 1. The Balaban J connectivity index is 2.06. The molecule has 0 saturated carbocycles. The minimum atomic E-state index is -1.53. The highest BCUT2D eigenvalue weighted by Gasteiger charge is 2.43. The molecule has 2 heterocycles. The van der Waals surface area contributed by atoms with Gasteiger partial charge in [0, 0.05) is 0 Å². The van der Waals surface area contributed by atoms with E-state index in [9.17, 15) is 24.9 Å². The molecule has 1 aliphatic heterocycles. The largest absolute Gasteiger partial charge is 0.460 e. The Hall–Kier alpha value is -1.63. The van der Waals surface area contributed by atoms with Gasteiger partial charge in [-0.1, -0.05) is 11.3 Å². The van der Waals surface area contributed by atoms with Gasteiger partial charge in [0.05, 0.1) is 19.4 Å². The van der Waals surface area contributed by atoms with E-state index in [2.05, 4.69) is 15.0 Å². The summed E-state index contributed by atoms with van der Waals surface area (Å²) in [6.07, 6.45) is -5.57. The quantitative estimate of drug-likeness (QED) is 0.220. The third-order valence-electron chi connectivity index (χ3n) is 3.35. The molecule has 0 aromatic carbocycles. The Morgan fingerprint density at radius 2 is 2.04 bits per heavy atom. The molecule has 0 bridgehead atoms. The van der Waals surface area contributed by atoms with Gasteiger partial charge in [-0.15, -0.1) is 0 Å². The van der Waals surface area contributed by atoms with Crippen LogP contribution in [0.5, 0.6) is 0 Å². The van der Waals surface area contributed by atoms with Crippen LogP contribution in [0.15, 0.2) is 6.20 Å². The molecule has 134 valence electrons. The third kappa shape index (κ3) is 3.88. The Kier molecular flexibility index (Phi) is 6.21. The summed E-state index contributed by atoms with van der Waals surface area (Å²) in [7, 11) is 0. The zero-order valence-electron chi connectivity index (χ0n) is 12.7. The first-order chi connectivity index (χ1) is 11.4. The molecule has 1 aromatic rings. The zero-order chi connectivity index (χ0) is 17.9. The summed E-state index contributed by atoms with van der Waals surface area (Å²) in [6.45, 7) is 1.08. The summed E-state index contributed by atoms with van der Waals surface area (Å²) in [6, 6.07) is 0. The van der Waals surface area contributed by atoms with Crippen molar-refractivity contribution in [3.63, 3.8) is 0 Å². The van der Waals surface area contributed by atoms with Gasteiger partial charge in [-0.25, -0.2) is 9.78 Å². The van der Waals surface area contributed by atoms with Crippen LogP contribution < -0.4 is 5.32 Å². The van der Waals surface area contributed by atoms with Gasteiger partial charge in [-0.3, -0.25) is 4.79 Å². The number of carbonyl (C=O) groups is 2. The van der Waals surface area contributed by atoms with Crippen molar-refractivity contribution in [2.24, 2.45) is 0 Å². The standard InChI is InChI=1S/C13H18N2O8S/c1-2-22-12(21)8(18)6-3-14-13(24-6)15-11-10(20)9(19)7(17)5(4-16)23-11/h3,5,7,9-11,16-17,19-20H,2,4H2,1H3,(H,14,15)/t5?,7-,9+,10?,11+/m1/s1. The SMILES string of the molecule is CCOC(=O)C(=O)c1cnc(N[C@H]2OC(CO)[C@@H](O)[C@H](O)C2O)s1. The van der Waals surface area contributed by atoms with Gasteiger partial charge in [-0.05, 0) is 6.92 Å². The molecule has 1 saturated heterocycles. The van der Waals surface area contributed by atoms with Crippen molar-refractivity contribution in [3.8, 4) is 0 Å². The molecule has 0 aliphatic carbocycles. The van der Waals surface area contributed by atoms with Gasteiger partial charge in [-0.2, -0.15) is 0 Å². The summed E-state index contributed by atoms with van der Waals surface area (Å²) < 4.78 is 9.86. The lowest BCUT2D eigenvalue weighted by molar-refractivity contribution is -0.221. The van der Waals surface area contributed by atoms with E-state index in [1.807, 2.05) is 0 Å². The summed E-state index contributed by atoms with van der Waals surface area (Å²) in [5.41, 5.74) is 0. The summed E-state index contributed by atoms with van der Waals surface area (Å²) >= 11 is 0.831. The molecular weight excluding hydrogens is 344 g/mol. The van der Waals surface area contributed by atoms with Crippen LogP contribution in [-0.4, -0.2) is 81.0 Å². The smallest absolute Gasteiger partial charge is 0.380 e. The van der Waals surface area contributed by atoms with Crippen LogP contribution >= 0.6 is 11.3 Å². The second-order valence-electron chi connectivity index (χ2n) is 4.97. The number of thiazole rings is 1. The fourth-order valence-electron chi connectivity index (χ4n) is 2.09. The van der Waals surface area contributed by atoms with Crippen molar-refractivity contribution < 1.29 is 39.5 Å². The van der Waals surface area contributed by atoms with Crippen LogP contribution in [0.4, 0.5) is 5.13 Å². The van der Waals surface area contributed by atoms with Crippen LogP contribution in [0.3, 0.4) is 0 Å². The molecule has 24 heavy (non-hydrogen) atoms. The van der Waals surface area contributed by atoms with Gasteiger partial charge in [0.15, 0.2) is 11.4 Å². The number of anilines is 1. The first-order valence-corrected chi connectivity index (χ1v) is 7.95. The third-order valence-corrected chi connectivity index (χ3v) is 4.28. The molecular formula is C13H18N2O8S. The Morgan fingerprint density at radius 3 is 2.67 bits per heavy atom. The van der Waals surface area contributed by atoms with Crippen molar-refractivity contribution >= 4 is 28.2 Å². The number of hydrogen-bond acceptors (Lipinski definition) is 11. The lowest BCUT2D eigenvalue weighted by Gasteiger charge is -2.40. The van der Waals surface area contributed by atoms with Crippen LogP contribution in [0.1, 0.15) is 16.6 Å². The molecule has 0 amide bonds. The van der Waals surface area contributed by atoms with E-state index in [0.29, 0.717) is 0 Å². The van der Waals surface area contributed by atoms with Crippen molar-refractivity contribution in [3.05, 3.63) is 11.1 Å². The number of aliphatic hydroxyl groups excluding tert-OH is 4. The average Bonchev–Trinajstić information content (AvgIpc) is 3.03. The number of ether oxygens (including phenoxy) is 2. The van der Waals surface area contributed by atoms with Crippen LogP contribution in [-0.2, 0) is 14.3 Å². The highest BCUT2D eigenvalue weighted by Crippen LogP contribution is 2.25. The predicted octanol–water partition coefficient (Wildman–Crippen LogP) is -1.90. The number of aromatic nitrogens is 1. The fourth-order valence-corrected chi connectivity index (χ4v) is 2.86. The number of aliphatic hydroxyl groups is 4. The molecule has 5 atom stereocenters. The van der Waals surface area contributed by atoms with E-state index in [-0.39, 0.29) is 16.6 Å². The highest BCUT2D eigenvalue weighted by atomic mass is 32.1. The minimum Gasteiger partial charge on any atom is -0.460 e. The number of carbonyl (C=O) groups excluding carboxylic acids is 2. The van der Waals surface area contributed by atoms with Gasteiger partial charge in [0.25, 0.3) is 5.78 Å². The topological polar surface area (TPSA) is 158 Å². The minimum absolute atomic E-state index is 0.0283. The maximum absolute atomic E-state index is 11.8. The van der Waals surface area contributed by atoms with Gasteiger partial charge in [0.1, 0.15) is 29.3 Å². The number of hydrogen-bond donors (Lipinski definition) is 5. The van der Waals surface area contributed by atoms with Crippen molar-refractivity contribution in [2.75, 3.05) is 18.5 Å². The van der Waals surface area contributed by atoms with Crippen molar-refractivity contribution in [2.45, 2.75) is 37.6 Å². The van der Waals surface area contributed by atoms with Gasteiger partial charge >= 0.3 is 5.97 Å².